The van der Waals surface area contributed by atoms with Crippen LogP contribution in [0, 0.1) is 17.9 Å². The highest BCUT2D eigenvalue weighted by Gasteiger charge is 2.26. The van der Waals surface area contributed by atoms with Crippen molar-refractivity contribution in [1.82, 2.24) is 4.90 Å². The number of carbonyl (C=O) groups is 1. The number of amides is 1. The van der Waals surface area contributed by atoms with Gasteiger partial charge in [0.25, 0.3) is 0 Å². The topological polar surface area (TPSA) is 64.8 Å². The Labute approximate surface area is 153 Å². The van der Waals surface area contributed by atoms with Crippen LogP contribution >= 0.6 is 0 Å². The van der Waals surface area contributed by atoms with Crippen molar-refractivity contribution in [3.8, 4) is 17.8 Å². The molecule has 1 saturated heterocycles. The van der Waals surface area contributed by atoms with Gasteiger partial charge in [-0.05, 0) is 29.7 Å². The molecule has 3 rings (SSSR count). The van der Waals surface area contributed by atoms with Gasteiger partial charge in [-0.3, -0.25) is 0 Å². The molecule has 1 heterocycles. The van der Waals surface area contributed by atoms with Crippen molar-refractivity contribution in [2.24, 2.45) is 11.7 Å². The van der Waals surface area contributed by atoms with E-state index < -0.39 is 0 Å². The lowest BCUT2D eigenvalue weighted by Gasteiger charge is -2.15. The number of ether oxygens (including phenoxy) is 2. The fourth-order valence-electron chi connectivity index (χ4n) is 2.72. The van der Waals surface area contributed by atoms with Crippen LogP contribution in [0.15, 0.2) is 54.6 Å². The highest BCUT2D eigenvalue weighted by Crippen LogP contribution is 2.17. The number of hydrogen-bond donors (Lipinski definition) is 1. The Bertz CT molecular complexity index is 778. The smallest absolute Gasteiger partial charge is 0.410 e. The number of nitrogens with zero attached hydrogens (tertiary/aromatic N) is 1. The first-order chi connectivity index (χ1) is 12.7. The van der Waals surface area contributed by atoms with Crippen LogP contribution < -0.4 is 10.5 Å². The summed E-state index contributed by atoms with van der Waals surface area (Å²) in [5.41, 5.74) is 7.59. The molecule has 1 aliphatic heterocycles. The van der Waals surface area contributed by atoms with Crippen LogP contribution in [0.3, 0.4) is 0 Å². The average Bonchev–Trinajstić information content (AvgIpc) is 3.16. The van der Waals surface area contributed by atoms with E-state index in [1.54, 1.807) is 4.90 Å². The minimum absolute atomic E-state index is 0.0996. The van der Waals surface area contributed by atoms with E-state index >= 15 is 0 Å². The van der Waals surface area contributed by atoms with E-state index in [4.69, 9.17) is 15.2 Å². The summed E-state index contributed by atoms with van der Waals surface area (Å²) in [7, 11) is 0. The van der Waals surface area contributed by atoms with Crippen LogP contribution in [0.2, 0.25) is 0 Å². The molecule has 1 aliphatic rings. The molecule has 1 atom stereocenters. The second-order valence-electron chi connectivity index (χ2n) is 6.17. The standard InChI is InChI=1S/C21H22N2O3/c22-14-17-6-8-20(9-7-17)25-13-11-18-10-12-23(15-18)21(24)26-16-19-4-2-1-3-5-19/h1-9,18H,10,12,14-16,22H2. The minimum atomic E-state index is -0.295. The van der Waals surface area contributed by atoms with E-state index in [1.165, 1.54) is 0 Å². The molecule has 0 aliphatic carbocycles. The minimum Gasteiger partial charge on any atom is -0.445 e. The molecule has 26 heavy (non-hydrogen) atoms. The quantitative estimate of drug-likeness (QED) is 0.861. The summed E-state index contributed by atoms with van der Waals surface area (Å²) in [6.45, 7) is 2.01. The fraction of sp³-hybridized carbons (Fsp3) is 0.286. The van der Waals surface area contributed by atoms with Crippen LogP contribution in [0.5, 0.6) is 5.75 Å². The monoisotopic (exact) mass is 350 g/mol. The summed E-state index contributed by atoms with van der Waals surface area (Å²) in [5, 5.41) is 0. The molecule has 2 N–H and O–H groups in total. The molecule has 5 nitrogen and oxygen atoms in total. The molecule has 1 fully saturated rings. The van der Waals surface area contributed by atoms with Crippen LogP contribution in [0.4, 0.5) is 4.79 Å². The maximum atomic E-state index is 12.1. The Morgan fingerprint density at radius 2 is 1.88 bits per heavy atom. The third-order valence-corrected chi connectivity index (χ3v) is 4.24. The third kappa shape index (κ3) is 5.01. The van der Waals surface area contributed by atoms with E-state index in [0.29, 0.717) is 25.4 Å². The van der Waals surface area contributed by atoms with E-state index in [2.05, 4.69) is 12.0 Å². The second kappa shape index (κ2) is 8.93. The summed E-state index contributed by atoms with van der Waals surface area (Å²) in [5.74, 6) is 3.86. The summed E-state index contributed by atoms with van der Waals surface area (Å²) in [6, 6.07) is 17.2. The number of likely N-dealkylation sites (tertiary alicyclic amines) is 1. The van der Waals surface area contributed by atoms with Crippen molar-refractivity contribution >= 4 is 6.09 Å². The first kappa shape index (κ1) is 17.8. The largest absolute Gasteiger partial charge is 0.445 e. The molecule has 0 aromatic heterocycles. The van der Waals surface area contributed by atoms with E-state index in [1.807, 2.05) is 54.6 Å². The van der Waals surface area contributed by atoms with Crippen molar-refractivity contribution in [2.75, 3.05) is 13.1 Å². The molecule has 0 bridgehead atoms. The van der Waals surface area contributed by atoms with Crippen molar-refractivity contribution < 1.29 is 14.3 Å². The Balaban J connectivity index is 1.44. The van der Waals surface area contributed by atoms with E-state index in [9.17, 15) is 4.79 Å². The second-order valence-corrected chi connectivity index (χ2v) is 6.17. The van der Waals surface area contributed by atoms with Crippen molar-refractivity contribution in [1.29, 1.82) is 0 Å². The molecule has 1 unspecified atom stereocenters. The summed E-state index contributed by atoms with van der Waals surface area (Å²) < 4.78 is 10.8. The zero-order valence-electron chi connectivity index (χ0n) is 14.6. The molecular formula is C21H22N2O3. The molecule has 2 aromatic carbocycles. The normalized spacial score (nSPS) is 15.9. The van der Waals surface area contributed by atoms with Crippen LogP contribution in [-0.4, -0.2) is 24.1 Å². The molecule has 2 aromatic rings. The van der Waals surface area contributed by atoms with Crippen LogP contribution in [0.25, 0.3) is 0 Å². The maximum Gasteiger partial charge on any atom is 0.410 e. The Morgan fingerprint density at radius 3 is 2.62 bits per heavy atom. The Hall–Kier alpha value is -2.97. The predicted molar refractivity (Wildman–Crippen MR) is 99.0 cm³/mol. The number of rotatable bonds is 4. The SMILES string of the molecule is NCc1ccc(OC#CC2CCN(C(=O)OCc3ccccc3)C2)cc1. The predicted octanol–water partition coefficient (Wildman–Crippen LogP) is 3.14. The highest BCUT2D eigenvalue weighted by molar-refractivity contribution is 5.68. The lowest BCUT2D eigenvalue weighted by atomic mass is 10.1. The zero-order valence-corrected chi connectivity index (χ0v) is 14.6. The van der Waals surface area contributed by atoms with Gasteiger partial charge < -0.3 is 20.1 Å². The van der Waals surface area contributed by atoms with Crippen molar-refractivity contribution in [3.63, 3.8) is 0 Å². The van der Waals surface area contributed by atoms with Crippen LogP contribution in [0.1, 0.15) is 17.5 Å². The van der Waals surface area contributed by atoms with E-state index in [0.717, 1.165) is 17.5 Å². The van der Waals surface area contributed by atoms with Gasteiger partial charge >= 0.3 is 6.09 Å². The summed E-state index contributed by atoms with van der Waals surface area (Å²) in [4.78, 5) is 13.8. The molecule has 5 heteroatoms. The molecule has 1 amide bonds. The van der Waals surface area contributed by atoms with Gasteiger partial charge in [-0.25, -0.2) is 4.79 Å². The molecule has 0 radical (unpaired) electrons. The third-order valence-electron chi connectivity index (χ3n) is 4.24. The Kier molecular flexibility index (Phi) is 6.13. The lowest BCUT2D eigenvalue weighted by molar-refractivity contribution is 0.104. The number of benzene rings is 2. The average molecular weight is 350 g/mol. The van der Waals surface area contributed by atoms with Gasteiger partial charge in [-0.2, -0.15) is 0 Å². The lowest BCUT2D eigenvalue weighted by Crippen LogP contribution is -2.29. The van der Waals surface area contributed by atoms with Gasteiger partial charge in [0.2, 0.25) is 0 Å². The van der Waals surface area contributed by atoms with Crippen molar-refractivity contribution in [3.05, 3.63) is 65.7 Å². The fourth-order valence-corrected chi connectivity index (χ4v) is 2.72. The molecule has 134 valence electrons. The number of hydrogen-bond acceptors (Lipinski definition) is 4. The summed E-state index contributed by atoms with van der Waals surface area (Å²) in [6.07, 6.45) is 3.27. The molecule has 0 spiro atoms. The maximum absolute atomic E-state index is 12.1. The van der Waals surface area contributed by atoms with Gasteiger partial charge in [0, 0.05) is 25.6 Å². The van der Waals surface area contributed by atoms with Crippen LogP contribution in [-0.2, 0) is 17.9 Å². The highest BCUT2D eigenvalue weighted by atomic mass is 16.6. The van der Waals surface area contributed by atoms with Crippen molar-refractivity contribution in [2.45, 2.75) is 19.6 Å². The number of nitrogens with two attached hydrogens (primary N) is 1. The van der Waals surface area contributed by atoms with Gasteiger partial charge in [0.15, 0.2) is 0 Å². The zero-order chi connectivity index (χ0) is 18.2. The van der Waals surface area contributed by atoms with Gasteiger partial charge in [-0.15, -0.1) is 0 Å². The first-order valence-electron chi connectivity index (χ1n) is 8.66. The van der Waals surface area contributed by atoms with Gasteiger partial charge in [0.1, 0.15) is 18.5 Å². The Morgan fingerprint density at radius 1 is 1.12 bits per heavy atom. The van der Waals surface area contributed by atoms with Gasteiger partial charge in [-0.1, -0.05) is 48.4 Å². The molecular weight excluding hydrogens is 328 g/mol. The summed E-state index contributed by atoms with van der Waals surface area (Å²) >= 11 is 0. The molecule has 0 saturated carbocycles. The van der Waals surface area contributed by atoms with E-state index in [-0.39, 0.29) is 18.6 Å². The van der Waals surface area contributed by atoms with Gasteiger partial charge in [0.05, 0.1) is 0 Å². The number of carbonyl (C=O) groups excluding carboxylic acids is 1. The first-order valence-corrected chi connectivity index (χ1v) is 8.66.